The minimum Gasteiger partial charge on any atom is -0.324 e. The van der Waals surface area contributed by atoms with E-state index in [0.29, 0.717) is 0 Å². The third-order valence-electron chi connectivity index (χ3n) is 4.65. The van der Waals surface area contributed by atoms with Gasteiger partial charge in [0, 0.05) is 11.1 Å². The van der Waals surface area contributed by atoms with E-state index in [4.69, 9.17) is 9.98 Å². The van der Waals surface area contributed by atoms with Crippen LogP contribution in [0.25, 0.3) is 20.4 Å². The van der Waals surface area contributed by atoms with E-state index in [1.165, 1.54) is 0 Å². The summed E-state index contributed by atoms with van der Waals surface area (Å²) in [6.45, 7) is 0. The molecule has 0 saturated carbocycles. The van der Waals surface area contributed by atoms with E-state index in [2.05, 4.69) is 39.6 Å². The molecule has 7 heteroatoms. The molecule has 1 N–H and O–H groups in total. The molecular weight excluding hydrogens is 398 g/mol. The zero-order chi connectivity index (χ0) is 19.2. The Hall–Kier alpha value is -3.42. The van der Waals surface area contributed by atoms with Crippen molar-refractivity contribution in [3.8, 4) is 0 Å². The number of aliphatic imine (C=N–C) groups is 2. The number of benzene rings is 3. The normalized spacial score (nSPS) is 16.0. The van der Waals surface area contributed by atoms with Gasteiger partial charge in [-0.15, -0.1) is 0 Å². The zero-order valence-corrected chi connectivity index (χ0v) is 16.7. The number of rotatable bonds is 2. The van der Waals surface area contributed by atoms with E-state index < -0.39 is 0 Å². The van der Waals surface area contributed by atoms with Crippen molar-refractivity contribution in [1.82, 2.24) is 15.3 Å². The number of fused-ring (bicyclic) bond motifs is 3. The van der Waals surface area contributed by atoms with Crippen LogP contribution in [0.15, 0.2) is 82.8 Å². The SMILES string of the molecule is c1ccc2c(c1)C(=Nc1nc3ccccc3s1)N/C2=N/c1nc2ccccc2s1. The maximum atomic E-state index is 4.79. The van der Waals surface area contributed by atoms with Gasteiger partial charge in [-0.1, -0.05) is 71.2 Å². The van der Waals surface area contributed by atoms with E-state index in [-0.39, 0.29) is 0 Å². The molecule has 0 bridgehead atoms. The zero-order valence-electron chi connectivity index (χ0n) is 15.0. The van der Waals surface area contributed by atoms with Gasteiger partial charge in [-0.2, -0.15) is 0 Å². The van der Waals surface area contributed by atoms with E-state index in [9.17, 15) is 0 Å². The highest BCUT2D eigenvalue weighted by molar-refractivity contribution is 7.22. The molecule has 5 aromatic rings. The predicted octanol–water partition coefficient (Wildman–Crippen LogP) is 5.67. The smallest absolute Gasteiger partial charge is 0.212 e. The minimum atomic E-state index is 0.727. The van der Waals surface area contributed by atoms with Crippen LogP contribution >= 0.6 is 22.7 Å². The Kier molecular flexibility index (Phi) is 3.75. The van der Waals surface area contributed by atoms with Crippen molar-refractivity contribution < 1.29 is 0 Å². The lowest BCUT2D eigenvalue weighted by Crippen LogP contribution is -2.22. The second-order valence-electron chi connectivity index (χ2n) is 6.52. The van der Waals surface area contributed by atoms with Gasteiger partial charge in [-0.05, 0) is 24.3 Å². The quantitative estimate of drug-likeness (QED) is 0.407. The van der Waals surface area contributed by atoms with Crippen LogP contribution in [0, 0.1) is 0 Å². The summed E-state index contributed by atoms with van der Waals surface area (Å²) in [6, 6.07) is 24.3. The standard InChI is InChI=1S/C22H13N5S2/c1-2-8-14-13(7-1)19(26-21-23-15-9-3-5-11-17(15)28-21)25-20(14)27-22-24-16-10-4-6-12-18(16)29-22/h1-12H,(H,23,24,25,26,27). The molecule has 1 aliphatic rings. The first-order valence-electron chi connectivity index (χ1n) is 9.09. The topological polar surface area (TPSA) is 62.5 Å². The van der Waals surface area contributed by atoms with Crippen LogP contribution in [-0.2, 0) is 0 Å². The largest absolute Gasteiger partial charge is 0.324 e. The van der Waals surface area contributed by atoms with E-state index in [0.717, 1.165) is 53.5 Å². The number of aromatic nitrogens is 2. The maximum absolute atomic E-state index is 4.79. The first-order chi connectivity index (χ1) is 14.3. The van der Waals surface area contributed by atoms with Crippen LogP contribution in [0.1, 0.15) is 11.1 Å². The summed E-state index contributed by atoms with van der Waals surface area (Å²) < 4.78 is 2.25. The highest BCUT2D eigenvalue weighted by atomic mass is 32.1. The second kappa shape index (κ2) is 6.58. The van der Waals surface area contributed by atoms with Crippen molar-refractivity contribution in [3.63, 3.8) is 0 Å². The first kappa shape index (κ1) is 16.5. The van der Waals surface area contributed by atoms with E-state index >= 15 is 0 Å². The minimum absolute atomic E-state index is 0.727. The molecule has 5 nitrogen and oxygen atoms in total. The molecule has 0 amide bonds. The Morgan fingerprint density at radius 1 is 0.586 bits per heavy atom. The van der Waals surface area contributed by atoms with Crippen LogP contribution in [-0.4, -0.2) is 21.6 Å². The van der Waals surface area contributed by atoms with Crippen molar-refractivity contribution in [2.24, 2.45) is 9.98 Å². The molecule has 0 spiro atoms. The van der Waals surface area contributed by atoms with Crippen LogP contribution in [0.4, 0.5) is 10.3 Å². The van der Waals surface area contributed by atoms with Crippen LogP contribution in [0.3, 0.4) is 0 Å². The van der Waals surface area contributed by atoms with Gasteiger partial charge in [0.1, 0.15) is 11.7 Å². The number of nitrogens with zero attached hydrogens (tertiary/aromatic N) is 4. The van der Waals surface area contributed by atoms with Crippen molar-refractivity contribution in [1.29, 1.82) is 0 Å². The Morgan fingerprint density at radius 3 is 1.52 bits per heavy atom. The molecule has 0 saturated heterocycles. The molecule has 2 aromatic heterocycles. The van der Waals surface area contributed by atoms with Gasteiger partial charge < -0.3 is 5.32 Å². The fourth-order valence-corrected chi connectivity index (χ4v) is 5.01. The third kappa shape index (κ3) is 2.91. The molecule has 3 aromatic carbocycles. The summed E-state index contributed by atoms with van der Waals surface area (Å²) in [5.74, 6) is 1.53. The first-order valence-corrected chi connectivity index (χ1v) is 10.7. The molecule has 3 heterocycles. The summed E-state index contributed by atoms with van der Waals surface area (Å²) in [5, 5.41) is 4.83. The fourth-order valence-electron chi connectivity index (χ4n) is 3.33. The summed E-state index contributed by atoms with van der Waals surface area (Å²) in [7, 11) is 0. The average Bonchev–Trinajstić information content (AvgIpc) is 3.43. The lowest BCUT2D eigenvalue weighted by Gasteiger charge is -1.97. The predicted molar refractivity (Wildman–Crippen MR) is 121 cm³/mol. The number of hydrogen-bond acceptors (Lipinski definition) is 6. The molecule has 0 fully saturated rings. The van der Waals surface area contributed by atoms with E-state index in [1.54, 1.807) is 22.7 Å². The molecule has 1 aliphatic heterocycles. The Morgan fingerprint density at radius 2 is 1.03 bits per heavy atom. The van der Waals surface area contributed by atoms with Gasteiger partial charge in [0.05, 0.1) is 20.4 Å². The van der Waals surface area contributed by atoms with Gasteiger partial charge in [-0.3, -0.25) is 0 Å². The Balaban J connectivity index is 1.44. The summed E-state index contributed by atoms with van der Waals surface area (Å²) >= 11 is 3.16. The van der Waals surface area contributed by atoms with Crippen LogP contribution in [0.2, 0.25) is 0 Å². The van der Waals surface area contributed by atoms with Gasteiger partial charge in [0.2, 0.25) is 10.3 Å². The number of nitrogens with one attached hydrogen (secondary N) is 1. The van der Waals surface area contributed by atoms with Gasteiger partial charge in [-0.25, -0.2) is 20.0 Å². The fraction of sp³-hybridized carbons (Fsp3) is 0. The maximum Gasteiger partial charge on any atom is 0.212 e. The molecule has 138 valence electrons. The lowest BCUT2D eigenvalue weighted by atomic mass is 10.1. The third-order valence-corrected chi connectivity index (χ3v) is 6.51. The second-order valence-corrected chi connectivity index (χ2v) is 8.54. The van der Waals surface area contributed by atoms with Gasteiger partial charge in [0.15, 0.2) is 0 Å². The highest BCUT2D eigenvalue weighted by Crippen LogP contribution is 2.31. The number of hydrogen-bond donors (Lipinski definition) is 1. The average molecular weight is 412 g/mol. The van der Waals surface area contributed by atoms with Gasteiger partial charge in [0.25, 0.3) is 0 Å². The number of para-hydroxylation sites is 2. The Bertz CT molecular complexity index is 1270. The van der Waals surface area contributed by atoms with Gasteiger partial charge >= 0.3 is 0 Å². The molecule has 0 atom stereocenters. The van der Waals surface area contributed by atoms with Crippen LogP contribution in [0.5, 0.6) is 0 Å². The molecule has 6 rings (SSSR count). The van der Waals surface area contributed by atoms with Crippen molar-refractivity contribution in [2.45, 2.75) is 0 Å². The summed E-state index contributed by atoms with van der Waals surface area (Å²) in [4.78, 5) is 18.8. The lowest BCUT2D eigenvalue weighted by molar-refractivity contribution is 1.31. The summed E-state index contributed by atoms with van der Waals surface area (Å²) in [5.41, 5.74) is 3.97. The monoisotopic (exact) mass is 411 g/mol. The molecular formula is C22H13N5S2. The molecule has 0 radical (unpaired) electrons. The number of thiazole rings is 2. The number of amidine groups is 2. The molecule has 0 aliphatic carbocycles. The van der Waals surface area contributed by atoms with Crippen molar-refractivity contribution in [2.75, 3.05) is 0 Å². The Labute approximate surface area is 174 Å². The van der Waals surface area contributed by atoms with Crippen LogP contribution < -0.4 is 5.32 Å². The van der Waals surface area contributed by atoms with E-state index in [1.807, 2.05) is 48.5 Å². The van der Waals surface area contributed by atoms with Crippen molar-refractivity contribution in [3.05, 3.63) is 83.9 Å². The molecule has 29 heavy (non-hydrogen) atoms. The van der Waals surface area contributed by atoms with Crippen molar-refractivity contribution >= 4 is 65.0 Å². The summed E-state index contributed by atoms with van der Waals surface area (Å²) in [6.07, 6.45) is 0. The highest BCUT2D eigenvalue weighted by Gasteiger charge is 2.24. The molecule has 0 unspecified atom stereocenters.